The fourth-order valence-electron chi connectivity index (χ4n) is 5.90. The minimum atomic E-state index is 0.129. The number of likely N-dealkylation sites (tertiary alicyclic amines) is 1. The predicted molar refractivity (Wildman–Crippen MR) is 119 cm³/mol. The number of fused-ring (bicyclic) bond motifs is 2. The summed E-state index contributed by atoms with van der Waals surface area (Å²) in [6.07, 6.45) is 8.87. The average molecular weight is 406 g/mol. The van der Waals surface area contributed by atoms with Crippen molar-refractivity contribution < 1.29 is 4.79 Å². The quantitative estimate of drug-likeness (QED) is 0.786. The Morgan fingerprint density at radius 2 is 2.03 bits per heavy atom. The van der Waals surface area contributed by atoms with E-state index in [9.17, 15) is 4.79 Å². The van der Waals surface area contributed by atoms with Gasteiger partial charge in [-0.1, -0.05) is 12.1 Å². The van der Waals surface area contributed by atoms with Gasteiger partial charge in [-0.05, 0) is 62.4 Å². The molecule has 0 aliphatic carbocycles. The van der Waals surface area contributed by atoms with Crippen LogP contribution < -0.4 is 9.80 Å². The van der Waals surface area contributed by atoms with Gasteiger partial charge >= 0.3 is 0 Å². The maximum atomic E-state index is 12.3. The second-order valence-corrected chi connectivity index (χ2v) is 9.32. The molecular formula is C24H31N5O. The summed E-state index contributed by atoms with van der Waals surface area (Å²) in [5.41, 5.74) is 4.03. The highest BCUT2D eigenvalue weighted by atomic mass is 16.2. The first-order valence-electron chi connectivity index (χ1n) is 11.2. The Hall–Kier alpha value is -2.47. The molecule has 3 aliphatic rings. The topological polar surface area (TPSA) is 52.6 Å². The van der Waals surface area contributed by atoms with E-state index in [2.05, 4.69) is 44.9 Å². The molecule has 158 valence electrons. The Balaban J connectivity index is 1.24. The van der Waals surface area contributed by atoms with Gasteiger partial charge in [0.1, 0.15) is 5.82 Å². The first-order chi connectivity index (χ1) is 14.6. The van der Waals surface area contributed by atoms with E-state index in [0.29, 0.717) is 5.92 Å². The number of carbonyl (C=O) groups is 1. The summed E-state index contributed by atoms with van der Waals surface area (Å²) < 4.78 is 0. The first-order valence-corrected chi connectivity index (χ1v) is 11.2. The number of rotatable bonds is 3. The highest BCUT2D eigenvalue weighted by molar-refractivity contribution is 5.95. The lowest BCUT2D eigenvalue weighted by Crippen LogP contribution is -2.47. The Labute approximate surface area is 178 Å². The standard InChI is InChI=1S/C24H31N5O/c1-18-4-3-5-21-23(18)24(17-29(21)19(2)30)7-12-27(13-8-24)15-20-6-11-28(16-20)22-14-25-9-10-26-22/h3-5,9-10,14,20H,6-8,11-13,15-17H2,1-2H3. The molecule has 6 heteroatoms. The molecule has 2 aromatic rings. The highest BCUT2D eigenvalue weighted by Crippen LogP contribution is 2.48. The molecule has 0 saturated carbocycles. The highest BCUT2D eigenvalue weighted by Gasteiger charge is 2.46. The SMILES string of the molecule is CC(=O)N1CC2(CCN(CC3CCN(c4cnccn4)C3)CC2)c2c(C)cccc21. The number of hydrogen-bond donors (Lipinski definition) is 0. The van der Waals surface area contributed by atoms with Crippen molar-refractivity contribution >= 4 is 17.4 Å². The van der Waals surface area contributed by atoms with Crippen molar-refractivity contribution in [2.45, 2.75) is 38.5 Å². The van der Waals surface area contributed by atoms with Gasteiger partial charge in [0.15, 0.2) is 0 Å². The fourth-order valence-corrected chi connectivity index (χ4v) is 5.90. The van der Waals surface area contributed by atoms with Crippen LogP contribution in [0.4, 0.5) is 11.5 Å². The van der Waals surface area contributed by atoms with Gasteiger partial charge in [0.2, 0.25) is 5.91 Å². The molecule has 1 spiro atoms. The van der Waals surface area contributed by atoms with Crippen molar-refractivity contribution in [3.8, 4) is 0 Å². The van der Waals surface area contributed by atoms with E-state index < -0.39 is 0 Å². The van der Waals surface area contributed by atoms with E-state index in [1.807, 2.05) is 11.1 Å². The summed E-state index contributed by atoms with van der Waals surface area (Å²) in [6, 6.07) is 6.42. The van der Waals surface area contributed by atoms with Crippen LogP contribution in [-0.4, -0.2) is 60.0 Å². The van der Waals surface area contributed by atoms with Gasteiger partial charge in [0.25, 0.3) is 0 Å². The van der Waals surface area contributed by atoms with Crippen molar-refractivity contribution in [1.82, 2.24) is 14.9 Å². The normalized spacial score (nSPS) is 23.2. The Morgan fingerprint density at radius 3 is 2.77 bits per heavy atom. The average Bonchev–Trinajstić information content (AvgIpc) is 3.35. The van der Waals surface area contributed by atoms with Crippen LogP contribution in [0.1, 0.15) is 37.3 Å². The maximum Gasteiger partial charge on any atom is 0.223 e. The van der Waals surface area contributed by atoms with Crippen molar-refractivity contribution in [3.05, 3.63) is 47.9 Å². The largest absolute Gasteiger partial charge is 0.355 e. The lowest BCUT2D eigenvalue weighted by molar-refractivity contribution is -0.116. The minimum Gasteiger partial charge on any atom is -0.355 e. The Morgan fingerprint density at radius 1 is 1.20 bits per heavy atom. The molecule has 4 heterocycles. The molecule has 2 fully saturated rings. The van der Waals surface area contributed by atoms with Crippen LogP contribution in [0.15, 0.2) is 36.8 Å². The molecule has 0 N–H and O–H groups in total. The summed E-state index contributed by atoms with van der Waals surface area (Å²) in [5.74, 6) is 1.85. The smallest absolute Gasteiger partial charge is 0.223 e. The molecule has 30 heavy (non-hydrogen) atoms. The van der Waals surface area contributed by atoms with Crippen LogP contribution >= 0.6 is 0 Å². The number of aryl methyl sites for hydroxylation is 1. The van der Waals surface area contributed by atoms with Crippen molar-refractivity contribution in [2.24, 2.45) is 5.92 Å². The molecule has 1 amide bonds. The van der Waals surface area contributed by atoms with E-state index in [0.717, 1.165) is 63.6 Å². The minimum absolute atomic E-state index is 0.129. The van der Waals surface area contributed by atoms with Crippen LogP contribution in [0.3, 0.4) is 0 Å². The van der Waals surface area contributed by atoms with Gasteiger partial charge in [-0.3, -0.25) is 9.78 Å². The van der Waals surface area contributed by atoms with Crippen LogP contribution in [-0.2, 0) is 10.2 Å². The third kappa shape index (κ3) is 3.37. The molecule has 5 rings (SSSR count). The molecule has 1 aromatic carbocycles. The van der Waals surface area contributed by atoms with E-state index in [1.54, 1.807) is 19.3 Å². The molecule has 1 unspecified atom stereocenters. The fraction of sp³-hybridized carbons (Fsp3) is 0.542. The molecule has 2 saturated heterocycles. The van der Waals surface area contributed by atoms with Crippen molar-refractivity contribution in [1.29, 1.82) is 0 Å². The Bertz CT molecular complexity index is 922. The number of carbonyl (C=O) groups excluding carboxylic acids is 1. The third-order valence-electron chi connectivity index (χ3n) is 7.40. The molecule has 3 aliphatic heterocycles. The van der Waals surface area contributed by atoms with Gasteiger partial charge in [0, 0.05) is 56.6 Å². The van der Waals surface area contributed by atoms with Crippen LogP contribution in [0.5, 0.6) is 0 Å². The number of hydrogen-bond acceptors (Lipinski definition) is 5. The number of piperidine rings is 1. The third-order valence-corrected chi connectivity index (χ3v) is 7.40. The number of anilines is 2. The summed E-state index contributed by atoms with van der Waals surface area (Å²) in [6.45, 7) is 10.3. The lowest BCUT2D eigenvalue weighted by atomic mass is 9.72. The lowest BCUT2D eigenvalue weighted by Gasteiger charge is -2.41. The summed E-state index contributed by atoms with van der Waals surface area (Å²) in [7, 11) is 0. The monoisotopic (exact) mass is 405 g/mol. The van der Waals surface area contributed by atoms with E-state index in [4.69, 9.17) is 0 Å². The van der Waals surface area contributed by atoms with Gasteiger partial charge in [0.05, 0.1) is 6.20 Å². The molecule has 0 bridgehead atoms. The summed E-state index contributed by atoms with van der Waals surface area (Å²) >= 11 is 0. The number of amides is 1. The van der Waals surface area contributed by atoms with Gasteiger partial charge in [-0.15, -0.1) is 0 Å². The maximum absolute atomic E-state index is 12.3. The first kappa shape index (κ1) is 19.5. The number of benzene rings is 1. The predicted octanol–water partition coefficient (Wildman–Crippen LogP) is 3.01. The van der Waals surface area contributed by atoms with Crippen LogP contribution in [0.2, 0.25) is 0 Å². The van der Waals surface area contributed by atoms with E-state index in [-0.39, 0.29) is 11.3 Å². The van der Waals surface area contributed by atoms with Crippen LogP contribution in [0.25, 0.3) is 0 Å². The van der Waals surface area contributed by atoms with Crippen LogP contribution in [0, 0.1) is 12.8 Å². The molecular weight excluding hydrogens is 374 g/mol. The number of aromatic nitrogens is 2. The van der Waals surface area contributed by atoms with Crippen molar-refractivity contribution in [2.75, 3.05) is 49.1 Å². The Kier molecular flexibility index (Phi) is 4.97. The summed E-state index contributed by atoms with van der Waals surface area (Å²) in [5, 5.41) is 0. The van der Waals surface area contributed by atoms with Gasteiger partial charge in [-0.2, -0.15) is 0 Å². The summed E-state index contributed by atoms with van der Waals surface area (Å²) in [4.78, 5) is 28.0. The second-order valence-electron chi connectivity index (χ2n) is 9.32. The molecule has 1 aromatic heterocycles. The van der Waals surface area contributed by atoms with Gasteiger partial charge < -0.3 is 14.7 Å². The molecule has 6 nitrogen and oxygen atoms in total. The second kappa shape index (κ2) is 7.65. The van der Waals surface area contributed by atoms with Gasteiger partial charge in [-0.25, -0.2) is 4.98 Å². The molecule has 0 radical (unpaired) electrons. The van der Waals surface area contributed by atoms with E-state index in [1.165, 1.54) is 17.5 Å². The van der Waals surface area contributed by atoms with E-state index >= 15 is 0 Å². The zero-order valence-corrected chi connectivity index (χ0v) is 18.0. The zero-order chi connectivity index (χ0) is 20.7. The molecule has 1 atom stereocenters. The zero-order valence-electron chi connectivity index (χ0n) is 18.0. The number of nitrogens with zero attached hydrogens (tertiary/aromatic N) is 5. The van der Waals surface area contributed by atoms with Crippen molar-refractivity contribution in [3.63, 3.8) is 0 Å².